The molecule has 31 heavy (non-hydrogen) atoms. The number of hydrogen-bond donors (Lipinski definition) is 3. The van der Waals surface area contributed by atoms with E-state index in [2.05, 4.69) is 5.32 Å². The molecule has 3 amide bonds. The van der Waals surface area contributed by atoms with Gasteiger partial charge in [-0.05, 0) is 35.9 Å². The van der Waals surface area contributed by atoms with Gasteiger partial charge in [-0.3, -0.25) is 9.69 Å². The predicted octanol–water partition coefficient (Wildman–Crippen LogP) is 2.61. The van der Waals surface area contributed by atoms with Crippen LogP contribution in [-0.2, 0) is 11.0 Å². The standard InChI is InChI=1S/C21H20F3N5O2/c22-21(23,24)13-2-1-3-15(10-13)29-16-11-28(9-8-25)19(30)17(16)18(27-20(29)31)12-4-6-14(26)7-5-12/h1-7,10,18H,8-9,11,25-26H2,(H,27,31)/t18-/m1/s1. The molecule has 0 aliphatic carbocycles. The number of carbonyl (C=O) groups is 2. The Hall–Kier alpha value is -3.53. The largest absolute Gasteiger partial charge is 0.416 e. The first-order valence-corrected chi connectivity index (χ1v) is 9.56. The van der Waals surface area contributed by atoms with E-state index >= 15 is 0 Å². The number of nitrogens with zero attached hydrogens (tertiary/aromatic N) is 2. The van der Waals surface area contributed by atoms with Crippen LogP contribution >= 0.6 is 0 Å². The van der Waals surface area contributed by atoms with E-state index in [-0.39, 0.29) is 31.2 Å². The van der Waals surface area contributed by atoms with E-state index in [1.54, 1.807) is 24.3 Å². The van der Waals surface area contributed by atoms with Crippen molar-refractivity contribution < 1.29 is 22.8 Å². The molecule has 0 radical (unpaired) electrons. The monoisotopic (exact) mass is 431 g/mol. The van der Waals surface area contributed by atoms with Gasteiger partial charge in [0, 0.05) is 18.8 Å². The summed E-state index contributed by atoms with van der Waals surface area (Å²) < 4.78 is 39.7. The van der Waals surface area contributed by atoms with Crippen LogP contribution in [0.4, 0.5) is 29.3 Å². The van der Waals surface area contributed by atoms with E-state index in [0.717, 1.165) is 17.0 Å². The fourth-order valence-electron chi connectivity index (χ4n) is 3.86. The first-order valence-electron chi connectivity index (χ1n) is 9.56. The molecule has 2 heterocycles. The molecule has 0 spiro atoms. The fourth-order valence-corrected chi connectivity index (χ4v) is 3.86. The number of amides is 3. The van der Waals surface area contributed by atoms with Crippen molar-refractivity contribution in [2.75, 3.05) is 30.3 Å². The molecule has 10 heteroatoms. The zero-order valence-corrected chi connectivity index (χ0v) is 16.3. The van der Waals surface area contributed by atoms with Crippen LogP contribution in [0, 0.1) is 0 Å². The first-order chi connectivity index (χ1) is 14.7. The Bertz CT molecular complexity index is 1070. The highest BCUT2D eigenvalue weighted by molar-refractivity contribution is 6.07. The SMILES string of the molecule is NCCN1CC2=C(C1=O)[C@@H](c1ccc(N)cc1)NC(=O)N2c1cccc(C(F)(F)F)c1. The number of alkyl halides is 3. The van der Waals surface area contributed by atoms with Crippen molar-refractivity contribution in [3.05, 3.63) is 70.9 Å². The quantitative estimate of drug-likeness (QED) is 0.648. The zero-order valence-electron chi connectivity index (χ0n) is 16.3. The van der Waals surface area contributed by atoms with Crippen LogP contribution in [0.1, 0.15) is 17.2 Å². The van der Waals surface area contributed by atoms with Crippen molar-refractivity contribution in [2.24, 2.45) is 5.73 Å². The van der Waals surface area contributed by atoms with E-state index < -0.39 is 23.8 Å². The highest BCUT2D eigenvalue weighted by atomic mass is 19.4. The van der Waals surface area contributed by atoms with E-state index in [4.69, 9.17) is 11.5 Å². The summed E-state index contributed by atoms with van der Waals surface area (Å²) in [5.41, 5.74) is 12.3. The average Bonchev–Trinajstić information content (AvgIpc) is 3.04. The summed E-state index contributed by atoms with van der Waals surface area (Å²) in [5.74, 6) is -0.320. The third-order valence-electron chi connectivity index (χ3n) is 5.30. The number of benzene rings is 2. The van der Waals surface area contributed by atoms with Gasteiger partial charge in [0.1, 0.15) is 0 Å². The number of rotatable bonds is 4. The normalized spacial score (nSPS) is 19.0. The molecule has 0 saturated heterocycles. The highest BCUT2D eigenvalue weighted by Crippen LogP contribution is 2.40. The molecule has 0 bridgehead atoms. The van der Waals surface area contributed by atoms with Crippen molar-refractivity contribution in [1.82, 2.24) is 10.2 Å². The molecule has 0 saturated carbocycles. The average molecular weight is 431 g/mol. The third-order valence-corrected chi connectivity index (χ3v) is 5.30. The van der Waals surface area contributed by atoms with E-state index in [1.807, 2.05) is 0 Å². The van der Waals surface area contributed by atoms with Crippen LogP contribution in [0.15, 0.2) is 59.8 Å². The van der Waals surface area contributed by atoms with E-state index in [1.165, 1.54) is 17.0 Å². The van der Waals surface area contributed by atoms with Gasteiger partial charge in [-0.1, -0.05) is 18.2 Å². The Labute approximate surface area is 176 Å². The summed E-state index contributed by atoms with van der Waals surface area (Å²) in [6, 6.07) is 9.78. The van der Waals surface area contributed by atoms with Gasteiger partial charge in [0.05, 0.1) is 35.1 Å². The summed E-state index contributed by atoms with van der Waals surface area (Å²) >= 11 is 0. The second-order valence-corrected chi connectivity index (χ2v) is 7.31. The van der Waals surface area contributed by atoms with Crippen LogP contribution in [0.2, 0.25) is 0 Å². The van der Waals surface area contributed by atoms with Gasteiger partial charge in [-0.25, -0.2) is 4.79 Å². The molecular formula is C21H20F3N5O2. The lowest BCUT2D eigenvalue weighted by Gasteiger charge is -2.34. The lowest BCUT2D eigenvalue weighted by Crippen LogP contribution is -2.47. The molecule has 2 aliphatic rings. The van der Waals surface area contributed by atoms with Crippen LogP contribution in [-0.4, -0.2) is 36.5 Å². The second-order valence-electron chi connectivity index (χ2n) is 7.31. The summed E-state index contributed by atoms with van der Waals surface area (Å²) in [5, 5.41) is 2.75. The fraction of sp³-hybridized carbons (Fsp3) is 0.238. The van der Waals surface area contributed by atoms with Crippen molar-refractivity contribution in [3.8, 4) is 0 Å². The van der Waals surface area contributed by atoms with Gasteiger partial charge < -0.3 is 21.7 Å². The zero-order chi connectivity index (χ0) is 22.3. The summed E-state index contributed by atoms with van der Waals surface area (Å²) in [6.45, 7) is 0.537. The van der Waals surface area contributed by atoms with Gasteiger partial charge >= 0.3 is 12.2 Å². The molecule has 1 atom stereocenters. The predicted molar refractivity (Wildman–Crippen MR) is 109 cm³/mol. The smallest absolute Gasteiger partial charge is 0.399 e. The minimum atomic E-state index is -4.57. The van der Waals surface area contributed by atoms with Crippen LogP contribution in [0.25, 0.3) is 0 Å². The minimum absolute atomic E-state index is 0.0259. The van der Waals surface area contributed by atoms with Gasteiger partial charge in [0.2, 0.25) is 0 Å². The number of hydrogen-bond acceptors (Lipinski definition) is 4. The Kier molecular flexibility index (Phi) is 5.10. The van der Waals surface area contributed by atoms with Gasteiger partial charge in [0.25, 0.3) is 5.91 Å². The van der Waals surface area contributed by atoms with Gasteiger partial charge in [-0.15, -0.1) is 0 Å². The van der Waals surface area contributed by atoms with Crippen molar-refractivity contribution >= 4 is 23.3 Å². The van der Waals surface area contributed by atoms with Gasteiger partial charge in [-0.2, -0.15) is 13.2 Å². The van der Waals surface area contributed by atoms with E-state index in [0.29, 0.717) is 22.5 Å². The molecule has 0 fully saturated rings. The lowest BCUT2D eigenvalue weighted by atomic mass is 9.95. The minimum Gasteiger partial charge on any atom is -0.399 e. The maximum absolute atomic E-state index is 13.2. The first kappa shape index (κ1) is 20.7. The number of nitrogens with one attached hydrogen (secondary N) is 1. The van der Waals surface area contributed by atoms with Crippen LogP contribution < -0.4 is 21.7 Å². The molecule has 162 valence electrons. The molecule has 5 N–H and O–H groups in total. The van der Waals surface area contributed by atoms with Gasteiger partial charge in [0.15, 0.2) is 0 Å². The van der Waals surface area contributed by atoms with E-state index in [9.17, 15) is 22.8 Å². The molecule has 0 aromatic heterocycles. The summed E-state index contributed by atoms with van der Waals surface area (Å²) in [7, 11) is 0. The Balaban J connectivity index is 1.83. The second kappa shape index (κ2) is 7.62. The number of urea groups is 1. The summed E-state index contributed by atoms with van der Waals surface area (Å²) in [4.78, 5) is 28.8. The molecule has 0 unspecified atom stereocenters. The molecule has 2 aromatic carbocycles. The van der Waals surface area contributed by atoms with Crippen molar-refractivity contribution in [1.29, 1.82) is 0 Å². The number of nitrogen functional groups attached to an aromatic ring is 1. The maximum atomic E-state index is 13.2. The molecular weight excluding hydrogens is 411 g/mol. The Morgan fingerprint density at radius 2 is 1.81 bits per heavy atom. The Morgan fingerprint density at radius 3 is 2.45 bits per heavy atom. The Morgan fingerprint density at radius 1 is 1.10 bits per heavy atom. The maximum Gasteiger partial charge on any atom is 0.416 e. The van der Waals surface area contributed by atoms with Crippen LogP contribution in [0.3, 0.4) is 0 Å². The van der Waals surface area contributed by atoms with Crippen LogP contribution in [0.5, 0.6) is 0 Å². The third kappa shape index (κ3) is 3.70. The highest BCUT2D eigenvalue weighted by Gasteiger charge is 2.44. The molecule has 4 rings (SSSR count). The summed E-state index contributed by atoms with van der Waals surface area (Å²) in [6.07, 6.45) is -4.57. The number of nitrogens with two attached hydrogens (primary N) is 2. The van der Waals surface area contributed by atoms with Crippen molar-refractivity contribution in [2.45, 2.75) is 12.2 Å². The lowest BCUT2D eigenvalue weighted by molar-refractivity contribution is -0.137. The topological polar surface area (TPSA) is 105 Å². The number of carbonyl (C=O) groups excluding carboxylic acids is 2. The molecule has 7 nitrogen and oxygen atoms in total. The number of halogens is 3. The molecule has 2 aromatic rings. The molecule has 2 aliphatic heterocycles. The number of anilines is 2. The van der Waals surface area contributed by atoms with Crippen molar-refractivity contribution in [3.63, 3.8) is 0 Å².